The normalized spacial score (nSPS) is 16.4. The highest BCUT2D eigenvalue weighted by atomic mass is 35.5. The lowest BCUT2D eigenvalue weighted by atomic mass is 10.00. The summed E-state index contributed by atoms with van der Waals surface area (Å²) in [6, 6.07) is 15.7. The van der Waals surface area contributed by atoms with Gasteiger partial charge in [0, 0.05) is 66.7 Å². The van der Waals surface area contributed by atoms with E-state index in [9.17, 15) is 4.79 Å². The highest BCUT2D eigenvalue weighted by Crippen LogP contribution is 2.39. The lowest BCUT2D eigenvalue weighted by Crippen LogP contribution is -2.57. The van der Waals surface area contributed by atoms with Crippen LogP contribution in [-0.4, -0.2) is 90.9 Å². The van der Waals surface area contributed by atoms with Crippen molar-refractivity contribution in [1.82, 2.24) is 19.8 Å². The van der Waals surface area contributed by atoms with Gasteiger partial charge in [0.25, 0.3) is 0 Å². The molecule has 4 aromatic rings. The lowest BCUT2D eigenvalue weighted by molar-refractivity contribution is 0.0240. The molecule has 0 spiro atoms. The van der Waals surface area contributed by atoms with E-state index in [-0.39, 0.29) is 17.3 Å². The molecule has 10 heteroatoms. The highest BCUT2D eigenvalue weighted by Gasteiger charge is 2.33. The van der Waals surface area contributed by atoms with Crippen molar-refractivity contribution in [2.45, 2.75) is 32.4 Å². The van der Waals surface area contributed by atoms with Crippen molar-refractivity contribution in [3.8, 4) is 11.3 Å². The minimum atomic E-state index is -0.549. The van der Waals surface area contributed by atoms with Crippen LogP contribution in [0.15, 0.2) is 48.5 Å². The van der Waals surface area contributed by atoms with E-state index in [4.69, 9.17) is 26.3 Å². The van der Waals surface area contributed by atoms with Crippen molar-refractivity contribution in [2.24, 2.45) is 0 Å². The fraction of sp³-hybridized carbons (Fsp3) is 0.406. The predicted molar refractivity (Wildman–Crippen MR) is 167 cm³/mol. The fourth-order valence-electron chi connectivity index (χ4n) is 5.61. The Labute approximate surface area is 250 Å². The van der Waals surface area contributed by atoms with E-state index in [1.165, 1.54) is 0 Å². The number of halogens is 2. The molecule has 2 aromatic carbocycles. The Morgan fingerprint density at radius 1 is 0.976 bits per heavy atom. The minimum Gasteiger partial charge on any atom is -0.444 e. The first-order chi connectivity index (χ1) is 20.0. The fourth-order valence-corrected chi connectivity index (χ4v) is 5.90. The highest BCUT2D eigenvalue weighted by molar-refractivity contribution is 6.36. The van der Waals surface area contributed by atoms with Gasteiger partial charge < -0.3 is 24.3 Å². The van der Waals surface area contributed by atoms with Crippen molar-refractivity contribution >= 4 is 51.0 Å². The van der Waals surface area contributed by atoms with Crippen molar-refractivity contribution in [2.75, 3.05) is 63.2 Å². The summed E-state index contributed by atoms with van der Waals surface area (Å²) >= 11 is 6.65. The molecule has 2 saturated heterocycles. The molecule has 2 aliphatic rings. The monoisotopic (exact) mass is 590 g/mol. The summed E-state index contributed by atoms with van der Waals surface area (Å²) in [5, 5.41) is 2.91. The number of ether oxygens (including phenoxy) is 1. The average Bonchev–Trinajstić information content (AvgIpc) is 2.92. The van der Waals surface area contributed by atoms with Crippen molar-refractivity contribution in [3.63, 3.8) is 0 Å². The van der Waals surface area contributed by atoms with E-state index < -0.39 is 11.4 Å². The van der Waals surface area contributed by atoms with Crippen LogP contribution in [0, 0.1) is 5.82 Å². The molecular formula is C32H36ClFN6O2. The Hall–Kier alpha value is -3.69. The number of anilines is 2. The van der Waals surface area contributed by atoms with Crippen LogP contribution >= 0.6 is 11.6 Å². The Balaban J connectivity index is 1.40. The van der Waals surface area contributed by atoms with E-state index in [1.54, 1.807) is 4.90 Å². The summed E-state index contributed by atoms with van der Waals surface area (Å²) in [6.07, 6.45) is -0.320. The zero-order valence-electron chi connectivity index (χ0n) is 24.7. The molecule has 0 N–H and O–H groups in total. The Kier molecular flexibility index (Phi) is 7.35. The molecule has 8 nitrogen and oxygen atoms in total. The number of hydrogen-bond donors (Lipinski definition) is 0. The van der Waals surface area contributed by atoms with Crippen molar-refractivity contribution in [1.29, 1.82) is 0 Å². The Morgan fingerprint density at radius 3 is 2.33 bits per heavy atom. The van der Waals surface area contributed by atoms with Gasteiger partial charge in [-0.25, -0.2) is 19.2 Å². The average molecular weight is 591 g/mol. The number of rotatable bonds is 4. The SMILES string of the molecule is CN(C)C1CN(c2nc(-c3cccc4cccc(Cl)c34)c(F)c3nc(N4CCN(C(=O)OC(C)(C)C)CC4)ccc23)C1. The predicted octanol–water partition coefficient (Wildman–Crippen LogP) is 6.05. The van der Waals surface area contributed by atoms with Crippen LogP contribution in [-0.2, 0) is 4.74 Å². The van der Waals surface area contributed by atoms with E-state index in [0.29, 0.717) is 54.0 Å². The number of nitrogens with zero attached hydrogens (tertiary/aromatic N) is 6. The topological polar surface area (TPSA) is 65.0 Å². The molecule has 2 aromatic heterocycles. The van der Waals surface area contributed by atoms with E-state index in [0.717, 1.165) is 29.7 Å². The minimum absolute atomic E-state index is 0.240. The van der Waals surface area contributed by atoms with Gasteiger partial charge in [-0.05, 0) is 58.5 Å². The van der Waals surface area contributed by atoms with Gasteiger partial charge >= 0.3 is 6.09 Å². The summed E-state index contributed by atoms with van der Waals surface area (Å²) in [5.41, 5.74) is 0.608. The summed E-state index contributed by atoms with van der Waals surface area (Å²) in [6.45, 7) is 9.31. The number of amides is 1. The first kappa shape index (κ1) is 28.4. The molecule has 0 aliphatic carbocycles. The second kappa shape index (κ2) is 10.9. The molecule has 4 heterocycles. The molecule has 0 saturated carbocycles. The number of fused-ring (bicyclic) bond motifs is 2. The van der Waals surface area contributed by atoms with Gasteiger partial charge in [-0.3, -0.25) is 0 Å². The zero-order valence-corrected chi connectivity index (χ0v) is 25.5. The van der Waals surface area contributed by atoms with E-state index >= 15 is 4.39 Å². The third-order valence-electron chi connectivity index (χ3n) is 8.01. The summed E-state index contributed by atoms with van der Waals surface area (Å²) < 4.78 is 22.1. The number of pyridine rings is 2. The van der Waals surface area contributed by atoms with E-state index in [1.807, 2.05) is 69.3 Å². The first-order valence-corrected chi connectivity index (χ1v) is 14.7. The second-order valence-electron chi connectivity index (χ2n) is 12.3. The van der Waals surface area contributed by atoms with Crippen LogP contribution in [0.2, 0.25) is 5.02 Å². The number of aromatic nitrogens is 2. The van der Waals surface area contributed by atoms with Gasteiger partial charge in [-0.15, -0.1) is 0 Å². The van der Waals surface area contributed by atoms with Crippen LogP contribution < -0.4 is 9.80 Å². The molecule has 6 rings (SSSR count). The Bertz CT molecular complexity index is 1650. The largest absolute Gasteiger partial charge is 0.444 e. The van der Waals surface area contributed by atoms with Crippen LogP contribution in [0.25, 0.3) is 32.9 Å². The first-order valence-electron chi connectivity index (χ1n) is 14.3. The molecule has 0 bridgehead atoms. The maximum absolute atomic E-state index is 16.6. The van der Waals surface area contributed by atoms with Gasteiger partial charge in [0.05, 0.1) is 0 Å². The molecule has 2 aliphatic heterocycles. The molecule has 0 atom stereocenters. The number of carbonyl (C=O) groups is 1. The number of piperazine rings is 1. The molecule has 2 fully saturated rings. The van der Waals surface area contributed by atoms with Crippen LogP contribution in [0.3, 0.4) is 0 Å². The molecular weight excluding hydrogens is 555 g/mol. The number of carbonyl (C=O) groups excluding carboxylic acids is 1. The Morgan fingerprint density at radius 2 is 1.67 bits per heavy atom. The van der Waals surface area contributed by atoms with Crippen molar-refractivity contribution in [3.05, 3.63) is 59.4 Å². The maximum Gasteiger partial charge on any atom is 0.410 e. The maximum atomic E-state index is 16.6. The molecule has 0 radical (unpaired) electrons. The van der Waals surface area contributed by atoms with Crippen molar-refractivity contribution < 1.29 is 13.9 Å². The quantitative estimate of drug-likeness (QED) is 0.287. The van der Waals surface area contributed by atoms with Gasteiger partial charge in [0.15, 0.2) is 5.82 Å². The number of benzene rings is 2. The summed E-state index contributed by atoms with van der Waals surface area (Å²) in [4.78, 5) is 30.6. The summed E-state index contributed by atoms with van der Waals surface area (Å²) in [5.74, 6) is 0.913. The standard InChI is InChI=1S/C32H36ClFN6O2/c1-32(2,3)42-31(41)39-16-14-38(15-17-39)25-13-12-23-29(35-25)27(34)28(36-30(23)40-18-21(19-40)37(4)5)22-10-6-8-20-9-7-11-24(33)26(20)22/h6-13,21H,14-19H2,1-5H3. The van der Waals surface area contributed by atoms with Gasteiger partial charge in [-0.2, -0.15) is 0 Å². The van der Waals surface area contributed by atoms with Gasteiger partial charge in [0.2, 0.25) is 0 Å². The van der Waals surface area contributed by atoms with E-state index in [2.05, 4.69) is 28.8 Å². The van der Waals surface area contributed by atoms with Crippen LogP contribution in [0.4, 0.5) is 20.8 Å². The van der Waals surface area contributed by atoms with Crippen LogP contribution in [0.5, 0.6) is 0 Å². The number of likely N-dealkylation sites (N-methyl/N-ethyl adjacent to an activating group) is 1. The summed E-state index contributed by atoms with van der Waals surface area (Å²) in [7, 11) is 4.14. The molecule has 220 valence electrons. The second-order valence-corrected chi connectivity index (χ2v) is 12.7. The third kappa shape index (κ3) is 5.31. The molecule has 0 unspecified atom stereocenters. The number of hydrogen-bond acceptors (Lipinski definition) is 7. The third-order valence-corrected chi connectivity index (χ3v) is 8.33. The molecule has 1 amide bonds. The zero-order chi connectivity index (χ0) is 29.8. The van der Waals surface area contributed by atoms with Gasteiger partial charge in [0.1, 0.15) is 28.4 Å². The lowest BCUT2D eigenvalue weighted by Gasteiger charge is -2.44. The van der Waals surface area contributed by atoms with Gasteiger partial charge in [-0.1, -0.05) is 41.9 Å². The van der Waals surface area contributed by atoms with Crippen LogP contribution in [0.1, 0.15) is 20.8 Å². The smallest absolute Gasteiger partial charge is 0.410 e. The molecule has 42 heavy (non-hydrogen) atoms.